The molecule has 0 aromatic heterocycles. The highest BCUT2D eigenvalue weighted by Gasteiger charge is 2.55. The topological polar surface area (TPSA) is 12.5 Å². The number of hydrogen-bond acceptors (Lipinski definition) is 2. The lowest BCUT2D eigenvalue weighted by molar-refractivity contribution is -0.182. The molecule has 2 aliphatic rings. The van der Waals surface area contributed by atoms with Crippen LogP contribution in [-0.4, -0.2) is 23.8 Å². The molecule has 0 unspecified atom stereocenters. The second-order valence-electron chi connectivity index (χ2n) is 6.93. The average Bonchev–Trinajstić information content (AvgIpc) is 2.49. The summed E-state index contributed by atoms with van der Waals surface area (Å²) in [6.07, 6.45) is 5.34. The third-order valence-electron chi connectivity index (χ3n) is 5.60. The van der Waals surface area contributed by atoms with E-state index in [2.05, 4.69) is 46.7 Å². The van der Waals surface area contributed by atoms with Crippen LogP contribution in [-0.2, 0) is 4.84 Å². The van der Waals surface area contributed by atoms with Crippen molar-refractivity contribution in [3.8, 4) is 0 Å². The summed E-state index contributed by atoms with van der Waals surface area (Å²) in [6, 6.07) is 0.622. The summed E-state index contributed by atoms with van der Waals surface area (Å²) in [5.74, 6) is 1.44. The van der Waals surface area contributed by atoms with Gasteiger partial charge in [-0.25, -0.2) is 0 Å². The molecular formula is C15H29NO. The molecule has 0 bridgehead atoms. The molecule has 0 aromatic rings. The number of nitrogens with zero attached hydrogens (tertiary/aromatic N) is 1. The largest absolute Gasteiger partial charge is 0.293 e. The van der Waals surface area contributed by atoms with Gasteiger partial charge in [-0.15, -0.1) is 0 Å². The van der Waals surface area contributed by atoms with Crippen LogP contribution >= 0.6 is 0 Å². The lowest BCUT2D eigenvalue weighted by Gasteiger charge is -2.47. The van der Waals surface area contributed by atoms with E-state index in [1.807, 2.05) is 0 Å². The molecule has 0 amide bonds. The van der Waals surface area contributed by atoms with E-state index < -0.39 is 0 Å². The van der Waals surface area contributed by atoms with Gasteiger partial charge in [-0.1, -0.05) is 33.6 Å². The number of hydrogen-bond donors (Lipinski definition) is 0. The molecule has 1 heterocycles. The van der Waals surface area contributed by atoms with Crippen LogP contribution < -0.4 is 0 Å². The summed E-state index contributed by atoms with van der Waals surface area (Å²) >= 11 is 0. The molecule has 0 radical (unpaired) electrons. The van der Waals surface area contributed by atoms with Crippen molar-refractivity contribution < 1.29 is 4.84 Å². The molecule has 0 aromatic carbocycles. The van der Waals surface area contributed by atoms with Crippen LogP contribution in [0.2, 0.25) is 0 Å². The first-order chi connectivity index (χ1) is 7.85. The normalized spacial score (nSPS) is 40.2. The van der Waals surface area contributed by atoms with Crippen molar-refractivity contribution in [2.75, 3.05) is 7.05 Å². The number of rotatable bonds is 2. The molecule has 0 N–H and O–H groups in total. The fourth-order valence-corrected chi connectivity index (χ4v) is 4.47. The van der Waals surface area contributed by atoms with Crippen LogP contribution in [0.3, 0.4) is 0 Å². The Morgan fingerprint density at radius 1 is 1.18 bits per heavy atom. The maximum Gasteiger partial charge on any atom is 0.0887 e. The monoisotopic (exact) mass is 239 g/mol. The highest BCUT2D eigenvalue weighted by molar-refractivity contribution is 5.03. The Labute approximate surface area is 107 Å². The SMILES string of the molecule is CCC1(CC)C[C@@H]2[C@@H]([C@@H](C)C1)N(C)OC2(C)C. The summed E-state index contributed by atoms with van der Waals surface area (Å²) in [4.78, 5) is 6.08. The van der Waals surface area contributed by atoms with Crippen LogP contribution in [0.15, 0.2) is 0 Å². The first-order valence-electron chi connectivity index (χ1n) is 7.27. The van der Waals surface area contributed by atoms with E-state index in [1.165, 1.54) is 25.7 Å². The van der Waals surface area contributed by atoms with Crippen LogP contribution in [0.1, 0.15) is 60.3 Å². The van der Waals surface area contributed by atoms with Gasteiger partial charge in [0.25, 0.3) is 0 Å². The summed E-state index contributed by atoms with van der Waals surface area (Å²) in [7, 11) is 2.12. The van der Waals surface area contributed by atoms with Gasteiger partial charge in [0.15, 0.2) is 0 Å². The first kappa shape index (κ1) is 13.4. The Hall–Kier alpha value is -0.0800. The molecule has 2 fully saturated rings. The van der Waals surface area contributed by atoms with Gasteiger partial charge in [-0.2, -0.15) is 5.06 Å². The van der Waals surface area contributed by atoms with E-state index in [9.17, 15) is 0 Å². The van der Waals surface area contributed by atoms with Gasteiger partial charge in [0.05, 0.1) is 5.60 Å². The van der Waals surface area contributed by atoms with E-state index in [4.69, 9.17) is 4.84 Å². The first-order valence-corrected chi connectivity index (χ1v) is 7.27. The van der Waals surface area contributed by atoms with Crippen LogP contribution in [0.5, 0.6) is 0 Å². The molecule has 17 heavy (non-hydrogen) atoms. The molecule has 1 saturated carbocycles. The summed E-state index contributed by atoms with van der Waals surface area (Å²) in [5.41, 5.74) is 0.579. The van der Waals surface area contributed by atoms with Gasteiger partial charge < -0.3 is 0 Å². The van der Waals surface area contributed by atoms with Gasteiger partial charge in [-0.05, 0) is 38.0 Å². The van der Waals surface area contributed by atoms with Crippen molar-refractivity contribution in [2.45, 2.75) is 71.9 Å². The van der Waals surface area contributed by atoms with E-state index >= 15 is 0 Å². The van der Waals surface area contributed by atoms with Crippen LogP contribution in [0.4, 0.5) is 0 Å². The molecule has 2 nitrogen and oxygen atoms in total. The highest BCUT2D eigenvalue weighted by atomic mass is 16.7. The molecule has 2 rings (SSSR count). The summed E-state index contributed by atoms with van der Waals surface area (Å²) in [6.45, 7) is 11.7. The van der Waals surface area contributed by atoms with Crippen molar-refractivity contribution in [1.29, 1.82) is 0 Å². The van der Waals surface area contributed by atoms with E-state index in [-0.39, 0.29) is 5.60 Å². The van der Waals surface area contributed by atoms with Gasteiger partial charge in [0.1, 0.15) is 0 Å². The molecule has 100 valence electrons. The minimum atomic E-state index is 0.0175. The third-order valence-corrected chi connectivity index (χ3v) is 5.60. The van der Waals surface area contributed by atoms with Crippen molar-refractivity contribution in [3.63, 3.8) is 0 Å². The van der Waals surface area contributed by atoms with E-state index in [0.29, 0.717) is 17.4 Å². The molecular weight excluding hydrogens is 210 g/mol. The predicted molar refractivity (Wildman–Crippen MR) is 71.6 cm³/mol. The Morgan fingerprint density at radius 2 is 1.76 bits per heavy atom. The van der Waals surface area contributed by atoms with Gasteiger partial charge in [-0.3, -0.25) is 4.84 Å². The Balaban J connectivity index is 2.28. The van der Waals surface area contributed by atoms with Gasteiger partial charge in [0.2, 0.25) is 0 Å². The molecule has 1 saturated heterocycles. The minimum Gasteiger partial charge on any atom is -0.293 e. The smallest absolute Gasteiger partial charge is 0.0887 e. The Kier molecular flexibility index (Phi) is 3.33. The van der Waals surface area contributed by atoms with Gasteiger partial charge in [0, 0.05) is 19.0 Å². The highest BCUT2D eigenvalue weighted by Crippen LogP contribution is 2.54. The maximum atomic E-state index is 6.08. The molecule has 1 aliphatic heterocycles. The van der Waals surface area contributed by atoms with Crippen molar-refractivity contribution >= 4 is 0 Å². The molecule has 2 heteroatoms. The molecule has 0 spiro atoms. The second kappa shape index (κ2) is 4.24. The fraction of sp³-hybridized carbons (Fsp3) is 1.00. The lowest BCUT2D eigenvalue weighted by atomic mass is 9.58. The summed E-state index contributed by atoms with van der Waals surface area (Å²) < 4.78 is 0. The third kappa shape index (κ3) is 2.04. The van der Waals surface area contributed by atoms with Crippen molar-refractivity contribution in [3.05, 3.63) is 0 Å². The fourth-order valence-electron chi connectivity index (χ4n) is 4.47. The average molecular weight is 239 g/mol. The standard InChI is InChI=1S/C15H29NO/c1-7-15(8-2)9-11(3)13-12(10-15)14(4,5)17-16(13)6/h11-13H,7-10H2,1-6H3/t11-,12+,13+/m0/s1. The zero-order chi connectivity index (χ0) is 12.8. The Bertz CT molecular complexity index is 283. The zero-order valence-corrected chi connectivity index (χ0v) is 12.4. The molecule has 1 aliphatic carbocycles. The lowest BCUT2D eigenvalue weighted by Crippen LogP contribution is -2.47. The Morgan fingerprint density at radius 3 is 2.29 bits per heavy atom. The van der Waals surface area contributed by atoms with E-state index in [1.54, 1.807) is 0 Å². The van der Waals surface area contributed by atoms with Crippen LogP contribution in [0.25, 0.3) is 0 Å². The second-order valence-corrected chi connectivity index (χ2v) is 6.93. The maximum absolute atomic E-state index is 6.08. The minimum absolute atomic E-state index is 0.0175. The number of hydroxylamine groups is 2. The molecule has 3 atom stereocenters. The van der Waals surface area contributed by atoms with Gasteiger partial charge >= 0.3 is 0 Å². The van der Waals surface area contributed by atoms with Crippen LogP contribution in [0, 0.1) is 17.3 Å². The zero-order valence-electron chi connectivity index (χ0n) is 12.4. The predicted octanol–water partition coefficient (Wildman–Crippen LogP) is 3.86. The van der Waals surface area contributed by atoms with Crippen molar-refractivity contribution in [2.24, 2.45) is 17.3 Å². The summed E-state index contributed by atoms with van der Waals surface area (Å²) in [5, 5.41) is 2.14. The number of fused-ring (bicyclic) bond motifs is 1. The quantitative estimate of drug-likeness (QED) is 0.725. The van der Waals surface area contributed by atoms with Crippen molar-refractivity contribution in [1.82, 2.24) is 5.06 Å². The van der Waals surface area contributed by atoms with E-state index in [0.717, 1.165) is 5.92 Å².